The number of hydrogen-bond donors (Lipinski definition) is 2. The molecule has 2 aromatic heterocycles. The third-order valence-electron chi connectivity index (χ3n) is 3.86. The molecule has 1 amide bonds. The van der Waals surface area contributed by atoms with Gasteiger partial charge in [-0.15, -0.1) is 24.8 Å². The van der Waals surface area contributed by atoms with Crippen molar-refractivity contribution in [3.63, 3.8) is 0 Å². The SMILES string of the molecule is Cl.Cl.NC1(C(=O)NCc2ccn3ccnc3c2)CCCC1. The van der Waals surface area contributed by atoms with Crippen LogP contribution in [0, 0.1) is 0 Å². The summed E-state index contributed by atoms with van der Waals surface area (Å²) in [7, 11) is 0. The van der Waals surface area contributed by atoms with Gasteiger partial charge in [-0.25, -0.2) is 4.98 Å². The number of hydrogen-bond acceptors (Lipinski definition) is 3. The van der Waals surface area contributed by atoms with Gasteiger partial charge in [0, 0.05) is 25.1 Å². The first-order valence-electron chi connectivity index (χ1n) is 6.66. The van der Waals surface area contributed by atoms with Gasteiger partial charge in [0.25, 0.3) is 0 Å². The van der Waals surface area contributed by atoms with Gasteiger partial charge in [-0.3, -0.25) is 4.79 Å². The molecular formula is C14H20Cl2N4O. The van der Waals surface area contributed by atoms with Crippen molar-refractivity contribution < 1.29 is 4.79 Å². The van der Waals surface area contributed by atoms with Crippen LogP contribution < -0.4 is 11.1 Å². The highest BCUT2D eigenvalue weighted by Crippen LogP contribution is 2.27. The molecule has 116 valence electrons. The van der Waals surface area contributed by atoms with Crippen LogP contribution in [0.3, 0.4) is 0 Å². The third kappa shape index (κ3) is 3.67. The van der Waals surface area contributed by atoms with Gasteiger partial charge in [0.05, 0.1) is 5.54 Å². The van der Waals surface area contributed by atoms with E-state index in [0.29, 0.717) is 6.54 Å². The van der Waals surface area contributed by atoms with E-state index in [-0.39, 0.29) is 30.7 Å². The van der Waals surface area contributed by atoms with Crippen molar-refractivity contribution in [3.8, 4) is 0 Å². The fourth-order valence-corrected chi connectivity index (χ4v) is 2.65. The zero-order valence-electron chi connectivity index (χ0n) is 11.6. The smallest absolute Gasteiger partial charge is 0.240 e. The molecule has 2 aromatic rings. The highest BCUT2D eigenvalue weighted by Gasteiger charge is 2.36. The fourth-order valence-electron chi connectivity index (χ4n) is 2.65. The van der Waals surface area contributed by atoms with Crippen molar-refractivity contribution in [1.82, 2.24) is 14.7 Å². The molecule has 0 unspecified atom stereocenters. The van der Waals surface area contributed by atoms with E-state index < -0.39 is 5.54 Å². The minimum absolute atomic E-state index is 0. The molecule has 2 heterocycles. The van der Waals surface area contributed by atoms with Crippen LogP contribution >= 0.6 is 24.8 Å². The molecule has 5 nitrogen and oxygen atoms in total. The van der Waals surface area contributed by atoms with E-state index in [1.807, 2.05) is 28.9 Å². The number of nitrogens with two attached hydrogens (primary N) is 1. The number of aromatic nitrogens is 2. The second-order valence-corrected chi connectivity index (χ2v) is 5.27. The molecule has 0 bridgehead atoms. The first-order chi connectivity index (χ1) is 9.17. The van der Waals surface area contributed by atoms with Crippen LogP contribution in [-0.2, 0) is 11.3 Å². The molecule has 0 aliphatic heterocycles. The lowest BCUT2D eigenvalue weighted by molar-refractivity contribution is -0.126. The number of fused-ring (bicyclic) bond motifs is 1. The average Bonchev–Trinajstić information content (AvgIpc) is 3.04. The Morgan fingerprint density at radius 3 is 2.76 bits per heavy atom. The van der Waals surface area contributed by atoms with E-state index >= 15 is 0 Å². The Bertz CT molecular complexity index is 608. The Hall–Kier alpha value is -1.30. The van der Waals surface area contributed by atoms with E-state index in [1.165, 1.54) is 0 Å². The Kier molecular flexibility index (Phi) is 6.01. The minimum Gasteiger partial charge on any atom is -0.350 e. The summed E-state index contributed by atoms with van der Waals surface area (Å²) < 4.78 is 1.94. The van der Waals surface area contributed by atoms with Gasteiger partial charge in [0.2, 0.25) is 5.91 Å². The molecule has 1 fully saturated rings. The van der Waals surface area contributed by atoms with Crippen molar-refractivity contribution >= 4 is 36.4 Å². The number of imidazole rings is 1. The van der Waals surface area contributed by atoms with Gasteiger partial charge in [-0.2, -0.15) is 0 Å². The number of pyridine rings is 1. The molecule has 0 aromatic carbocycles. The molecule has 7 heteroatoms. The van der Waals surface area contributed by atoms with Crippen LogP contribution in [0.2, 0.25) is 0 Å². The average molecular weight is 331 g/mol. The van der Waals surface area contributed by atoms with Crippen LogP contribution in [0.15, 0.2) is 30.7 Å². The van der Waals surface area contributed by atoms with E-state index in [2.05, 4.69) is 10.3 Å². The Morgan fingerprint density at radius 1 is 1.33 bits per heavy atom. The first kappa shape index (κ1) is 17.8. The molecule has 0 saturated heterocycles. The molecular weight excluding hydrogens is 311 g/mol. The first-order valence-corrected chi connectivity index (χ1v) is 6.66. The number of carbonyl (C=O) groups excluding carboxylic acids is 1. The molecule has 1 aliphatic carbocycles. The summed E-state index contributed by atoms with van der Waals surface area (Å²) in [4.78, 5) is 16.3. The monoisotopic (exact) mass is 330 g/mol. The Morgan fingerprint density at radius 2 is 2.05 bits per heavy atom. The molecule has 1 saturated carbocycles. The maximum Gasteiger partial charge on any atom is 0.240 e. The van der Waals surface area contributed by atoms with Gasteiger partial charge < -0.3 is 15.5 Å². The Labute approximate surface area is 136 Å². The van der Waals surface area contributed by atoms with Crippen LogP contribution in [0.1, 0.15) is 31.2 Å². The van der Waals surface area contributed by atoms with Gasteiger partial charge in [0.15, 0.2) is 0 Å². The highest BCUT2D eigenvalue weighted by molar-refractivity contribution is 5.86. The van der Waals surface area contributed by atoms with Crippen LogP contribution in [0.25, 0.3) is 5.65 Å². The van der Waals surface area contributed by atoms with Crippen molar-refractivity contribution in [2.45, 2.75) is 37.8 Å². The molecule has 0 spiro atoms. The second-order valence-electron chi connectivity index (χ2n) is 5.27. The summed E-state index contributed by atoms with van der Waals surface area (Å²) in [5.74, 6) is -0.0341. The fraction of sp³-hybridized carbons (Fsp3) is 0.429. The molecule has 0 atom stereocenters. The molecule has 3 N–H and O–H groups in total. The summed E-state index contributed by atoms with van der Waals surface area (Å²) in [6, 6.07) is 3.95. The summed E-state index contributed by atoms with van der Waals surface area (Å²) in [5.41, 5.74) is 7.38. The standard InChI is InChI=1S/C14H18N4O.2ClH/c15-14(4-1-2-5-14)13(19)17-10-11-3-7-18-8-6-16-12(18)9-11;;/h3,6-9H,1-2,4-5,10,15H2,(H,17,19);2*1H. The lowest BCUT2D eigenvalue weighted by atomic mass is 9.98. The summed E-state index contributed by atoms with van der Waals surface area (Å²) in [6.07, 6.45) is 9.26. The van der Waals surface area contributed by atoms with E-state index in [9.17, 15) is 4.79 Å². The van der Waals surface area contributed by atoms with Gasteiger partial charge in [-0.05, 0) is 30.5 Å². The largest absolute Gasteiger partial charge is 0.350 e. The predicted octanol–water partition coefficient (Wildman–Crippen LogP) is 2.07. The number of nitrogens with one attached hydrogen (secondary N) is 1. The zero-order valence-corrected chi connectivity index (χ0v) is 13.3. The predicted molar refractivity (Wildman–Crippen MR) is 86.9 cm³/mol. The summed E-state index contributed by atoms with van der Waals surface area (Å²) >= 11 is 0. The molecule has 1 aliphatic rings. The Balaban J connectivity index is 0.00000110. The quantitative estimate of drug-likeness (QED) is 0.904. The van der Waals surface area contributed by atoms with Crippen LogP contribution in [0.4, 0.5) is 0 Å². The normalized spacial score (nSPS) is 16.0. The molecule has 21 heavy (non-hydrogen) atoms. The van der Waals surface area contributed by atoms with E-state index in [4.69, 9.17) is 5.73 Å². The topological polar surface area (TPSA) is 72.4 Å². The number of amides is 1. The van der Waals surface area contributed by atoms with Gasteiger partial charge >= 0.3 is 0 Å². The summed E-state index contributed by atoms with van der Waals surface area (Å²) in [6.45, 7) is 0.501. The maximum atomic E-state index is 12.1. The van der Waals surface area contributed by atoms with E-state index in [0.717, 1.165) is 36.9 Å². The summed E-state index contributed by atoms with van der Waals surface area (Å²) in [5, 5.41) is 2.94. The van der Waals surface area contributed by atoms with Crippen LogP contribution in [-0.4, -0.2) is 20.8 Å². The minimum atomic E-state index is -0.655. The van der Waals surface area contributed by atoms with Crippen molar-refractivity contribution in [2.75, 3.05) is 0 Å². The lowest BCUT2D eigenvalue weighted by Gasteiger charge is -2.22. The number of halogens is 2. The van der Waals surface area contributed by atoms with Crippen molar-refractivity contribution in [1.29, 1.82) is 0 Å². The van der Waals surface area contributed by atoms with Gasteiger partial charge in [0.1, 0.15) is 5.65 Å². The van der Waals surface area contributed by atoms with Crippen molar-refractivity contribution in [3.05, 3.63) is 36.3 Å². The van der Waals surface area contributed by atoms with Crippen molar-refractivity contribution in [2.24, 2.45) is 5.73 Å². The van der Waals surface area contributed by atoms with Gasteiger partial charge in [-0.1, -0.05) is 12.8 Å². The maximum absolute atomic E-state index is 12.1. The number of carbonyl (C=O) groups is 1. The third-order valence-corrected chi connectivity index (χ3v) is 3.86. The second kappa shape index (κ2) is 7.11. The lowest BCUT2D eigenvalue weighted by Crippen LogP contribution is -2.51. The molecule has 0 radical (unpaired) electrons. The van der Waals surface area contributed by atoms with Crippen LogP contribution in [0.5, 0.6) is 0 Å². The molecule has 3 rings (SSSR count). The zero-order chi connectivity index (χ0) is 13.3. The highest BCUT2D eigenvalue weighted by atomic mass is 35.5. The number of nitrogens with zero attached hydrogens (tertiary/aromatic N) is 2. The van der Waals surface area contributed by atoms with E-state index in [1.54, 1.807) is 6.20 Å². The number of rotatable bonds is 3.